The second kappa shape index (κ2) is 6.13. The third-order valence-corrected chi connectivity index (χ3v) is 4.51. The van der Waals surface area contributed by atoms with Crippen molar-refractivity contribution in [2.24, 2.45) is 0 Å². The summed E-state index contributed by atoms with van der Waals surface area (Å²) in [6.07, 6.45) is 0.474. The lowest BCUT2D eigenvalue weighted by Crippen LogP contribution is -2.51. The number of hydrogen-bond acceptors (Lipinski definition) is 4. The second-order valence-electron chi connectivity index (χ2n) is 5.95. The Morgan fingerprint density at radius 1 is 1.14 bits per heavy atom. The van der Waals surface area contributed by atoms with Gasteiger partial charge < -0.3 is 20.4 Å². The van der Waals surface area contributed by atoms with E-state index in [0.717, 1.165) is 5.56 Å². The molecule has 3 atom stereocenters. The van der Waals surface area contributed by atoms with Crippen molar-refractivity contribution in [3.63, 3.8) is 0 Å². The summed E-state index contributed by atoms with van der Waals surface area (Å²) in [5.74, 6) is -1.12. The largest absolute Gasteiger partial charge is 0.481 e. The average Bonchev–Trinajstić information content (AvgIpc) is 2.72. The van der Waals surface area contributed by atoms with Crippen molar-refractivity contribution in [2.75, 3.05) is 0 Å². The number of carbonyl (C=O) groups is 1. The van der Waals surface area contributed by atoms with Crippen LogP contribution in [0.15, 0.2) is 30.3 Å². The zero-order valence-corrected chi connectivity index (χ0v) is 11.9. The van der Waals surface area contributed by atoms with E-state index in [-0.39, 0.29) is 19.3 Å². The highest BCUT2D eigenvalue weighted by molar-refractivity contribution is 5.68. The Bertz CT molecular complexity index is 489. The van der Waals surface area contributed by atoms with E-state index >= 15 is 0 Å². The van der Waals surface area contributed by atoms with Crippen LogP contribution in [0.4, 0.5) is 0 Å². The molecule has 21 heavy (non-hydrogen) atoms. The highest BCUT2D eigenvalue weighted by atomic mass is 16.4. The Hall–Kier alpha value is -1.43. The predicted octanol–water partition coefficient (Wildman–Crippen LogP) is 1.62. The van der Waals surface area contributed by atoms with Gasteiger partial charge in [0.1, 0.15) is 5.60 Å². The van der Waals surface area contributed by atoms with E-state index in [1.165, 1.54) is 0 Å². The smallest absolute Gasteiger partial charge is 0.306 e. The summed E-state index contributed by atoms with van der Waals surface area (Å²) in [6.45, 7) is 0. The monoisotopic (exact) mass is 294 g/mol. The topological polar surface area (TPSA) is 98.0 Å². The van der Waals surface area contributed by atoms with Gasteiger partial charge in [0, 0.05) is 0 Å². The van der Waals surface area contributed by atoms with E-state index in [2.05, 4.69) is 0 Å². The minimum atomic E-state index is -1.60. The Kier molecular flexibility index (Phi) is 4.66. The fourth-order valence-corrected chi connectivity index (χ4v) is 3.22. The second-order valence-corrected chi connectivity index (χ2v) is 5.95. The first-order valence-electron chi connectivity index (χ1n) is 7.26. The van der Waals surface area contributed by atoms with Crippen molar-refractivity contribution in [3.05, 3.63) is 35.9 Å². The maximum atomic E-state index is 10.9. The van der Waals surface area contributed by atoms with E-state index in [4.69, 9.17) is 5.11 Å². The molecular formula is C16H22O5. The van der Waals surface area contributed by atoms with E-state index in [9.17, 15) is 20.1 Å². The average molecular weight is 294 g/mol. The van der Waals surface area contributed by atoms with Crippen LogP contribution in [-0.2, 0) is 4.79 Å². The van der Waals surface area contributed by atoms with Crippen LogP contribution in [0.1, 0.15) is 50.2 Å². The molecule has 4 N–H and O–H groups in total. The van der Waals surface area contributed by atoms with Gasteiger partial charge in [0.05, 0.1) is 18.1 Å². The van der Waals surface area contributed by atoms with Gasteiger partial charge in [0.2, 0.25) is 0 Å². The molecule has 0 aromatic heterocycles. The van der Waals surface area contributed by atoms with Crippen LogP contribution in [0.2, 0.25) is 0 Å². The first kappa shape index (κ1) is 15.9. The number of benzene rings is 1. The molecule has 1 aromatic carbocycles. The molecule has 1 aromatic rings. The number of carboxylic acid groups (broad SMARTS) is 1. The number of aliphatic carboxylic acids is 1. The van der Waals surface area contributed by atoms with Crippen LogP contribution in [0.3, 0.4) is 0 Å². The van der Waals surface area contributed by atoms with Crippen LogP contribution >= 0.6 is 0 Å². The van der Waals surface area contributed by atoms with Gasteiger partial charge in [-0.05, 0) is 37.7 Å². The normalized spacial score (nSPS) is 30.2. The SMILES string of the molecule is O=C(O)C[C@]1(O)CCC[C@]1(O)CCC(O)c1ccccc1. The van der Waals surface area contributed by atoms with Crippen LogP contribution in [-0.4, -0.2) is 37.6 Å². The summed E-state index contributed by atoms with van der Waals surface area (Å²) in [6, 6.07) is 9.10. The molecule has 5 nitrogen and oxygen atoms in total. The van der Waals surface area contributed by atoms with Gasteiger partial charge in [-0.2, -0.15) is 0 Å². The van der Waals surface area contributed by atoms with Gasteiger partial charge in [0.15, 0.2) is 0 Å². The number of aliphatic hydroxyl groups is 3. The Balaban J connectivity index is 2.02. The Labute approximate surface area is 123 Å². The Morgan fingerprint density at radius 2 is 1.76 bits per heavy atom. The molecule has 0 saturated heterocycles. The molecule has 0 radical (unpaired) electrons. The quantitative estimate of drug-likeness (QED) is 0.639. The summed E-state index contributed by atoms with van der Waals surface area (Å²) in [5, 5.41) is 40.1. The van der Waals surface area contributed by atoms with Gasteiger partial charge in [-0.3, -0.25) is 4.79 Å². The minimum absolute atomic E-state index is 0.173. The molecule has 1 fully saturated rings. The van der Waals surface area contributed by atoms with Gasteiger partial charge in [-0.15, -0.1) is 0 Å². The number of aliphatic hydroxyl groups excluding tert-OH is 1. The highest BCUT2D eigenvalue weighted by Gasteiger charge is 2.53. The van der Waals surface area contributed by atoms with Crippen LogP contribution < -0.4 is 0 Å². The molecule has 2 rings (SSSR count). The Morgan fingerprint density at radius 3 is 2.38 bits per heavy atom. The summed E-state index contributed by atoms with van der Waals surface area (Å²) in [7, 11) is 0. The van der Waals surface area contributed by atoms with E-state index < -0.39 is 29.7 Å². The molecule has 0 spiro atoms. The van der Waals surface area contributed by atoms with E-state index in [1.54, 1.807) is 12.1 Å². The van der Waals surface area contributed by atoms with Crippen molar-refractivity contribution in [3.8, 4) is 0 Å². The number of rotatable bonds is 6. The molecule has 1 aliphatic carbocycles. The maximum Gasteiger partial charge on any atom is 0.306 e. The third kappa shape index (κ3) is 3.43. The molecule has 5 heteroatoms. The van der Waals surface area contributed by atoms with Gasteiger partial charge in [-0.1, -0.05) is 30.3 Å². The molecule has 0 aliphatic heterocycles. The maximum absolute atomic E-state index is 10.9. The molecule has 0 heterocycles. The molecule has 1 aliphatic rings. The minimum Gasteiger partial charge on any atom is -0.481 e. The van der Waals surface area contributed by atoms with E-state index in [0.29, 0.717) is 12.8 Å². The molecular weight excluding hydrogens is 272 g/mol. The van der Waals surface area contributed by atoms with Crippen molar-refractivity contribution in [1.82, 2.24) is 0 Å². The van der Waals surface area contributed by atoms with Gasteiger partial charge in [-0.25, -0.2) is 0 Å². The molecule has 116 valence electrons. The molecule has 1 saturated carbocycles. The zero-order valence-electron chi connectivity index (χ0n) is 11.9. The predicted molar refractivity (Wildman–Crippen MR) is 76.6 cm³/mol. The zero-order chi connectivity index (χ0) is 15.5. The standard InChI is InChI=1S/C16H22O5/c17-13(12-5-2-1-3-6-12)7-10-15(20)8-4-9-16(15,21)11-14(18)19/h1-3,5-6,13,17,20-21H,4,7-11H2,(H,18,19)/t13?,15-,16+/m0/s1. The molecule has 0 bridgehead atoms. The summed E-state index contributed by atoms with van der Waals surface area (Å²) in [5.41, 5.74) is -2.29. The molecule has 1 unspecified atom stereocenters. The van der Waals surface area contributed by atoms with E-state index in [1.807, 2.05) is 18.2 Å². The van der Waals surface area contributed by atoms with Crippen molar-refractivity contribution < 1.29 is 25.2 Å². The summed E-state index contributed by atoms with van der Waals surface area (Å²) < 4.78 is 0. The first-order chi connectivity index (χ1) is 9.86. The molecule has 0 amide bonds. The van der Waals surface area contributed by atoms with Gasteiger partial charge in [0.25, 0.3) is 0 Å². The lowest BCUT2D eigenvalue weighted by molar-refractivity contribution is -0.165. The van der Waals surface area contributed by atoms with Crippen LogP contribution in [0.25, 0.3) is 0 Å². The lowest BCUT2D eigenvalue weighted by atomic mass is 9.79. The highest BCUT2D eigenvalue weighted by Crippen LogP contribution is 2.45. The third-order valence-electron chi connectivity index (χ3n) is 4.51. The fourth-order valence-electron chi connectivity index (χ4n) is 3.22. The summed E-state index contributed by atoms with van der Waals surface area (Å²) in [4.78, 5) is 10.9. The fraction of sp³-hybridized carbons (Fsp3) is 0.562. The van der Waals surface area contributed by atoms with Crippen LogP contribution in [0.5, 0.6) is 0 Å². The van der Waals surface area contributed by atoms with Crippen molar-refractivity contribution in [2.45, 2.75) is 55.8 Å². The number of carboxylic acids is 1. The van der Waals surface area contributed by atoms with Crippen molar-refractivity contribution in [1.29, 1.82) is 0 Å². The number of hydrogen-bond donors (Lipinski definition) is 4. The first-order valence-corrected chi connectivity index (χ1v) is 7.26. The van der Waals surface area contributed by atoms with Crippen molar-refractivity contribution >= 4 is 5.97 Å². The lowest BCUT2D eigenvalue weighted by Gasteiger charge is -2.37. The van der Waals surface area contributed by atoms with Gasteiger partial charge >= 0.3 is 5.97 Å². The summed E-state index contributed by atoms with van der Waals surface area (Å²) >= 11 is 0. The van der Waals surface area contributed by atoms with Crippen LogP contribution in [0, 0.1) is 0 Å².